The molecular formula is C18H33N. The largest absolute Gasteiger partial charge is 0.317 e. The number of nitrogens with one attached hydrogen (secondary N) is 1. The minimum Gasteiger partial charge on any atom is -0.317 e. The average Bonchev–Trinajstić information content (AvgIpc) is 2.36. The SMILES string of the molecule is CCCCCCNCCC12CC3CC(CC(C3)C1)C2. The molecule has 1 nitrogen and oxygen atoms in total. The highest BCUT2D eigenvalue weighted by Crippen LogP contribution is 2.61. The fourth-order valence-corrected chi connectivity index (χ4v) is 5.75. The second-order valence-electron chi connectivity index (χ2n) is 7.98. The molecule has 4 saturated carbocycles. The summed E-state index contributed by atoms with van der Waals surface area (Å²) in [5.41, 5.74) is 0.783. The van der Waals surface area contributed by atoms with E-state index in [1.807, 2.05) is 0 Å². The molecule has 4 aliphatic rings. The fraction of sp³-hybridized carbons (Fsp3) is 1.00. The third-order valence-electron chi connectivity index (χ3n) is 6.20. The molecule has 4 fully saturated rings. The molecule has 4 rings (SSSR count). The summed E-state index contributed by atoms with van der Waals surface area (Å²) in [4.78, 5) is 0. The zero-order valence-electron chi connectivity index (χ0n) is 12.9. The summed E-state index contributed by atoms with van der Waals surface area (Å²) in [5, 5.41) is 3.72. The summed E-state index contributed by atoms with van der Waals surface area (Å²) in [6.07, 6.45) is 16.5. The lowest BCUT2D eigenvalue weighted by molar-refractivity contribution is -0.0567. The van der Waals surface area contributed by atoms with Gasteiger partial charge in [0.15, 0.2) is 0 Å². The Morgan fingerprint density at radius 3 is 2.05 bits per heavy atom. The minimum absolute atomic E-state index is 0.783. The predicted octanol–water partition coefficient (Wildman–Crippen LogP) is 4.76. The van der Waals surface area contributed by atoms with E-state index in [0.29, 0.717) is 0 Å². The Labute approximate surface area is 119 Å². The first kappa shape index (κ1) is 13.9. The summed E-state index contributed by atoms with van der Waals surface area (Å²) >= 11 is 0. The summed E-state index contributed by atoms with van der Waals surface area (Å²) in [7, 11) is 0. The van der Waals surface area contributed by atoms with Crippen LogP contribution in [0.2, 0.25) is 0 Å². The molecule has 0 atom stereocenters. The van der Waals surface area contributed by atoms with E-state index in [-0.39, 0.29) is 0 Å². The summed E-state index contributed by atoms with van der Waals surface area (Å²) in [6, 6.07) is 0. The van der Waals surface area contributed by atoms with Crippen molar-refractivity contribution in [2.75, 3.05) is 13.1 Å². The van der Waals surface area contributed by atoms with Crippen LogP contribution < -0.4 is 5.32 Å². The van der Waals surface area contributed by atoms with E-state index in [4.69, 9.17) is 0 Å². The molecule has 0 spiro atoms. The van der Waals surface area contributed by atoms with Gasteiger partial charge in [-0.3, -0.25) is 0 Å². The van der Waals surface area contributed by atoms with Gasteiger partial charge < -0.3 is 5.32 Å². The van der Waals surface area contributed by atoms with Crippen molar-refractivity contribution in [3.63, 3.8) is 0 Å². The third kappa shape index (κ3) is 3.35. The third-order valence-corrected chi connectivity index (χ3v) is 6.20. The zero-order valence-corrected chi connectivity index (χ0v) is 12.9. The molecule has 0 aliphatic heterocycles. The predicted molar refractivity (Wildman–Crippen MR) is 82.2 cm³/mol. The van der Waals surface area contributed by atoms with E-state index < -0.39 is 0 Å². The van der Waals surface area contributed by atoms with Crippen LogP contribution in [0, 0.1) is 23.2 Å². The molecule has 1 heteroatoms. The number of hydrogen-bond acceptors (Lipinski definition) is 1. The van der Waals surface area contributed by atoms with E-state index in [1.165, 1.54) is 45.2 Å². The van der Waals surface area contributed by atoms with Gasteiger partial charge in [0.05, 0.1) is 0 Å². The summed E-state index contributed by atoms with van der Waals surface area (Å²) < 4.78 is 0. The van der Waals surface area contributed by atoms with Crippen molar-refractivity contribution in [3.8, 4) is 0 Å². The Morgan fingerprint density at radius 2 is 1.47 bits per heavy atom. The van der Waals surface area contributed by atoms with Gasteiger partial charge in [0, 0.05) is 0 Å². The van der Waals surface area contributed by atoms with Crippen molar-refractivity contribution in [2.45, 2.75) is 77.6 Å². The molecule has 0 radical (unpaired) electrons. The first-order valence-corrected chi connectivity index (χ1v) is 9.00. The normalized spacial score (nSPS) is 39.9. The van der Waals surface area contributed by atoms with Crippen molar-refractivity contribution in [3.05, 3.63) is 0 Å². The first-order valence-electron chi connectivity index (χ1n) is 9.00. The van der Waals surface area contributed by atoms with E-state index >= 15 is 0 Å². The number of unbranched alkanes of at least 4 members (excludes halogenated alkanes) is 3. The Bertz CT molecular complexity index is 248. The van der Waals surface area contributed by atoms with Crippen molar-refractivity contribution < 1.29 is 0 Å². The maximum absolute atomic E-state index is 3.72. The second kappa shape index (κ2) is 6.16. The van der Waals surface area contributed by atoms with E-state index in [2.05, 4.69) is 12.2 Å². The molecule has 0 amide bonds. The van der Waals surface area contributed by atoms with Crippen molar-refractivity contribution in [1.82, 2.24) is 5.32 Å². The lowest BCUT2D eigenvalue weighted by atomic mass is 9.49. The second-order valence-corrected chi connectivity index (χ2v) is 7.98. The number of hydrogen-bond donors (Lipinski definition) is 1. The van der Waals surface area contributed by atoms with Gasteiger partial charge in [0.25, 0.3) is 0 Å². The molecule has 110 valence electrons. The molecule has 1 N–H and O–H groups in total. The van der Waals surface area contributed by atoms with Gasteiger partial charge in [-0.2, -0.15) is 0 Å². The quantitative estimate of drug-likeness (QED) is 0.622. The molecule has 0 aromatic rings. The van der Waals surface area contributed by atoms with Crippen LogP contribution >= 0.6 is 0 Å². The van der Waals surface area contributed by atoms with Gasteiger partial charge in [-0.15, -0.1) is 0 Å². The summed E-state index contributed by atoms with van der Waals surface area (Å²) in [5.74, 6) is 3.36. The number of rotatable bonds is 8. The van der Waals surface area contributed by atoms with Gasteiger partial charge in [0.1, 0.15) is 0 Å². The van der Waals surface area contributed by atoms with Crippen LogP contribution in [0.4, 0.5) is 0 Å². The highest BCUT2D eigenvalue weighted by Gasteiger charge is 2.50. The highest BCUT2D eigenvalue weighted by atomic mass is 14.8. The molecule has 0 aromatic carbocycles. The maximum atomic E-state index is 3.72. The van der Waals surface area contributed by atoms with Crippen molar-refractivity contribution in [1.29, 1.82) is 0 Å². The summed E-state index contributed by atoms with van der Waals surface area (Å²) in [6.45, 7) is 4.84. The molecule has 0 heterocycles. The first-order chi connectivity index (χ1) is 9.30. The van der Waals surface area contributed by atoms with Gasteiger partial charge in [-0.25, -0.2) is 0 Å². The van der Waals surface area contributed by atoms with Gasteiger partial charge >= 0.3 is 0 Å². The van der Waals surface area contributed by atoms with Crippen LogP contribution in [-0.2, 0) is 0 Å². The Balaban J connectivity index is 1.36. The average molecular weight is 263 g/mol. The van der Waals surface area contributed by atoms with Crippen LogP contribution in [0.3, 0.4) is 0 Å². The van der Waals surface area contributed by atoms with Crippen LogP contribution in [0.5, 0.6) is 0 Å². The van der Waals surface area contributed by atoms with E-state index in [0.717, 1.165) is 23.2 Å². The zero-order chi connectivity index (χ0) is 13.1. The van der Waals surface area contributed by atoms with Crippen LogP contribution in [0.1, 0.15) is 77.6 Å². The fourth-order valence-electron chi connectivity index (χ4n) is 5.75. The molecule has 0 aromatic heterocycles. The van der Waals surface area contributed by atoms with Crippen LogP contribution in [0.15, 0.2) is 0 Å². The molecule has 0 saturated heterocycles. The molecule has 4 aliphatic carbocycles. The Kier molecular flexibility index (Phi) is 4.51. The Hall–Kier alpha value is -0.0400. The monoisotopic (exact) mass is 263 g/mol. The Morgan fingerprint density at radius 1 is 0.842 bits per heavy atom. The van der Waals surface area contributed by atoms with E-state index in [1.54, 1.807) is 38.5 Å². The standard InChI is InChI=1S/C18H33N/c1-2-3-4-5-7-19-8-6-18-12-15-9-16(13-18)11-17(10-15)14-18/h15-17,19H,2-14H2,1H3. The van der Waals surface area contributed by atoms with Gasteiger partial charge in [-0.1, -0.05) is 26.2 Å². The highest BCUT2D eigenvalue weighted by molar-refractivity contribution is 5.01. The van der Waals surface area contributed by atoms with Crippen molar-refractivity contribution >= 4 is 0 Å². The van der Waals surface area contributed by atoms with E-state index in [9.17, 15) is 0 Å². The maximum Gasteiger partial charge on any atom is -0.00436 e. The minimum atomic E-state index is 0.783. The topological polar surface area (TPSA) is 12.0 Å². The van der Waals surface area contributed by atoms with Crippen LogP contribution in [0.25, 0.3) is 0 Å². The lowest BCUT2D eigenvalue weighted by Gasteiger charge is -2.57. The van der Waals surface area contributed by atoms with Gasteiger partial charge in [-0.05, 0) is 87.6 Å². The van der Waals surface area contributed by atoms with Gasteiger partial charge in [0.2, 0.25) is 0 Å². The lowest BCUT2D eigenvalue weighted by Crippen LogP contribution is -2.47. The molecule has 0 unspecified atom stereocenters. The van der Waals surface area contributed by atoms with Crippen molar-refractivity contribution in [2.24, 2.45) is 23.2 Å². The van der Waals surface area contributed by atoms with Crippen LogP contribution in [-0.4, -0.2) is 13.1 Å². The molecule has 19 heavy (non-hydrogen) atoms. The smallest absolute Gasteiger partial charge is 0.00436 e. The molecular weight excluding hydrogens is 230 g/mol. The molecule has 4 bridgehead atoms.